The predicted octanol–water partition coefficient (Wildman–Crippen LogP) is 3.98. The summed E-state index contributed by atoms with van der Waals surface area (Å²) in [6.07, 6.45) is -3.71. The van der Waals surface area contributed by atoms with Crippen molar-refractivity contribution in [2.24, 2.45) is 0 Å². The summed E-state index contributed by atoms with van der Waals surface area (Å²) in [6, 6.07) is 12.1. The molecule has 1 amide bonds. The summed E-state index contributed by atoms with van der Waals surface area (Å²) in [5, 5.41) is 12.3. The minimum Gasteiger partial charge on any atom is -0.441 e. The SMILES string of the molecule is O=C(CCc1ncc(-c2ccc(F)cc2)o1)NC[C@](O)(c1ccccc1)C(F)(F)F. The third kappa shape index (κ3) is 4.85. The number of nitrogens with zero attached hydrogens (tertiary/aromatic N) is 1. The third-order valence-corrected chi connectivity index (χ3v) is 4.51. The number of carbonyl (C=O) groups excluding carboxylic acids is 1. The third-order valence-electron chi connectivity index (χ3n) is 4.51. The maximum atomic E-state index is 13.4. The fourth-order valence-corrected chi connectivity index (χ4v) is 2.79. The summed E-state index contributed by atoms with van der Waals surface area (Å²) in [5.41, 5.74) is -2.98. The standard InChI is InChI=1S/C21H18F4N2O3/c22-16-8-6-14(7-9-16)17-12-26-19(30-17)11-10-18(28)27-13-20(29,21(23,24)25)15-4-2-1-3-5-15/h1-9,12,29H,10-11,13H2,(H,27,28)/t20-/m0/s1. The number of aryl methyl sites for hydroxylation is 1. The van der Waals surface area contributed by atoms with E-state index < -0.39 is 30.0 Å². The molecule has 0 aliphatic heterocycles. The Hall–Kier alpha value is -3.20. The Bertz CT molecular complexity index is 987. The molecule has 0 aliphatic carbocycles. The predicted molar refractivity (Wildman–Crippen MR) is 99.6 cm³/mol. The van der Waals surface area contributed by atoms with E-state index in [9.17, 15) is 27.5 Å². The van der Waals surface area contributed by atoms with Crippen molar-refractivity contribution in [1.29, 1.82) is 0 Å². The van der Waals surface area contributed by atoms with Crippen LogP contribution in [0, 0.1) is 5.82 Å². The van der Waals surface area contributed by atoms with Crippen molar-refractivity contribution in [3.8, 4) is 11.3 Å². The zero-order valence-corrected chi connectivity index (χ0v) is 15.6. The number of nitrogens with one attached hydrogen (secondary N) is 1. The van der Waals surface area contributed by atoms with E-state index in [2.05, 4.69) is 10.3 Å². The molecule has 0 saturated carbocycles. The molecule has 1 heterocycles. The number of oxazole rings is 1. The number of benzene rings is 2. The minimum absolute atomic E-state index is 0.0445. The highest BCUT2D eigenvalue weighted by Crippen LogP contribution is 2.38. The number of hydrogen-bond acceptors (Lipinski definition) is 4. The molecule has 5 nitrogen and oxygen atoms in total. The van der Waals surface area contributed by atoms with E-state index in [0.29, 0.717) is 11.3 Å². The first-order valence-electron chi connectivity index (χ1n) is 9.01. The van der Waals surface area contributed by atoms with Crippen molar-refractivity contribution < 1.29 is 31.9 Å². The quantitative estimate of drug-likeness (QED) is 0.565. The van der Waals surface area contributed by atoms with E-state index >= 15 is 0 Å². The van der Waals surface area contributed by atoms with Crippen LogP contribution in [0.5, 0.6) is 0 Å². The number of amides is 1. The van der Waals surface area contributed by atoms with Crippen LogP contribution < -0.4 is 5.32 Å². The van der Waals surface area contributed by atoms with Crippen LogP contribution in [0.4, 0.5) is 17.6 Å². The fraction of sp³-hybridized carbons (Fsp3) is 0.238. The Balaban J connectivity index is 1.58. The smallest absolute Gasteiger partial charge is 0.423 e. The van der Waals surface area contributed by atoms with Crippen molar-refractivity contribution in [2.75, 3.05) is 6.54 Å². The van der Waals surface area contributed by atoms with Crippen LogP contribution in [0.25, 0.3) is 11.3 Å². The highest BCUT2D eigenvalue weighted by Gasteiger charge is 2.55. The zero-order valence-electron chi connectivity index (χ0n) is 15.6. The number of alkyl halides is 3. The van der Waals surface area contributed by atoms with E-state index in [1.807, 2.05) is 0 Å². The molecular weight excluding hydrogens is 404 g/mol. The van der Waals surface area contributed by atoms with Crippen molar-refractivity contribution in [3.63, 3.8) is 0 Å². The maximum absolute atomic E-state index is 13.4. The van der Waals surface area contributed by atoms with Gasteiger partial charge in [0.25, 0.3) is 0 Å². The normalized spacial score (nSPS) is 13.6. The summed E-state index contributed by atoms with van der Waals surface area (Å²) < 4.78 is 58.8. The van der Waals surface area contributed by atoms with Gasteiger partial charge < -0.3 is 14.8 Å². The topological polar surface area (TPSA) is 75.4 Å². The maximum Gasteiger partial charge on any atom is 0.423 e. The number of aromatic nitrogens is 1. The van der Waals surface area contributed by atoms with Crippen molar-refractivity contribution >= 4 is 5.91 Å². The highest BCUT2D eigenvalue weighted by molar-refractivity contribution is 5.76. The van der Waals surface area contributed by atoms with Gasteiger partial charge in [0.2, 0.25) is 11.5 Å². The summed E-state index contributed by atoms with van der Waals surface area (Å²) in [5.74, 6) is -0.515. The second-order valence-electron chi connectivity index (χ2n) is 6.63. The summed E-state index contributed by atoms with van der Waals surface area (Å²) in [4.78, 5) is 16.0. The first kappa shape index (κ1) is 21.5. The van der Waals surface area contributed by atoms with Crippen LogP contribution in [0.1, 0.15) is 17.9 Å². The lowest BCUT2D eigenvalue weighted by Crippen LogP contribution is -2.51. The van der Waals surface area contributed by atoms with E-state index in [-0.39, 0.29) is 24.3 Å². The monoisotopic (exact) mass is 422 g/mol. The zero-order chi connectivity index (χ0) is 21.8. The second kappa shape index (κ2) is 8.66. The van der Waals surface area contributed by atoms with Gasteiger partial charge in [-0.15, -0.1) is 0 Å². The van der Waals surface area contributed by atoms with Gasteiger partial charge in [-0.2, -0.15) is 13.2 Å². The van der Waals surface area contributed by atoms with Crippen LogP contribution in [-0.4, -0.2) is 28.7 Å². The van der Waals surface area contributed by atoms with Gasteiger partial charge in [0.05, 0.1) is 12.7 Å². The van der Waals surface area contributed by atoms with Crippen LogP contribution in [0.2, 0.25) is 0 Å². The first-order chi connectivity index (χ1) is 14.2. The number of aliphatic hydroxyl groups is 1. The molecule has 1 aromatic heterocycles. The van der Waals surface area contributed by atoms with Crippen LogP contribution in [0.15, 0.2) is 65.2 Å². The molecule has 0 spiro atoms. The van der Waals surface area contributed by atoms with Gasteiger partial charge in [-0.3, -0.25) is 4.79 Å². The van der Waals surface area contributed by atoms with Gasteiger partial charge in [-0.25, -0.2) is 9.37 Å². The molecule has 30 heavy (non-hydrogen) atoms. The lowest BCUT2D eigenvalue weighted by Gasteiger charge is -2.31. The average Bonchev–Trinajstić information content (AvgIpc) is 3.20. The Morgan fingerprint density at radius 1 is 1.07 bits per heavy atom. The Kier molecular flexibility index (Phi) is 6.21. The molecule has 0 saturated heterocycles. The Morgan fingerprint density at radius 3 is 2.37 bits per heavy atom. The van der Waals surface area contributed by atoms with E-state index in [4.69, 9.17) is 4.42 Å². The average molecular weight is 422 g/mol. The van der Waals surface area contributed by atoms with Crippen LogP contribution >= 0.6 is 0 Å². The molecule has 0 aliphatic rings. The van der Waals surface area contributed by atoms with Gasteiger partial charge in [-0.05, 0) is 29.8 Å². The van der Waals surface area contributed by atoms with Gasteiger partial charge in [-0.1, -0.05) is 30.3 Å². The van der Waals surface area contributed by atoms with Gasteiger partial charge in [0, 0.05) is 18.4 Å². The molecule has 3 aromatic rings. The number of halogens is 4. The van der Waals surface area contributed by atoms with E-state index in [0.717, 1.165) is 12.1 Å². The van der Waals surface area contributed by atoms with E-state index in [1.54, 1.807) is 0 Å². The second-order valence-corrected chi connectivity index (χ2v) is 6.63. The van der Waals surface area contributed by atoms with Gasteiger partial charge in [0.1, 0.15) is 5.82 Å². The van der Waals surface area contributed by atoms with Gasteiger partial charge in [0.15, 0.2) is 11.7 Å². The summed E-state index contributed by atoms with van der Waals surface area (Å²) in [7, 11) is 0. The molecule has 0 bridgehead atoms. The molecule has 0 fully saturated rings. The molecule has 1 atom stereocenters. The van der Waals surface area contributed by atoms with Crippen molar-refractivity contribution in [3.05, 3.63) is 78.1 Å². The molecule has 0 unspecified atom stereocenters. The van der Waals surface area contributed by atoms with Crippen LogP contribution in [0.3, 0.4) is 0 Å². The van der Waals surface area contributed by atoms with E-state index in [1.165, 1.54) is 48.7 Å². The molecule has 9 heteroatoms. The Labute approximate surface area is 169 Å². The molecule has 2 N–H and O–H groups in total. The highest BCUT2D eigenvalue weighted by atomic mass is 19.4. The van der Waals surface area contributed by atoms with Gasteiger partial charge >= 0.3 is 6.18 Å². The Morgan fingerprint density at radius 2 is 1.73 bits per heavy atom. The minimum atomic E-state index is -4.98. The number of rotatable bonds is 7. The first-order valence-corrected chi connectivity index (χ1v) is 9.01. The molecule has 3 rings (SSSR count). The number of carbonyl (C=O) groups is 1. The summed E-state index contributed by atoms with van der Waals surface area (Å²) in [6.45, 7) is -1.02. The lowest BCUT2D eigenvalue weighted by atomic mass is 9.93. The molecular formula is C21H18F4N2O3. The van der Waals surface area contributed by atoms with Crippen LogP contribution in [-0.2, 0) is 16.8 Å². The largest absolute Gasteiger partial charge is 0.441 e. The molecule has 2 aromatic carbocycles. The van der Waals surface area contributed by atoms with Crippen molar-refractivity contribution in [1.82, 2.24) is 10.3 Å². The fourth-order valence-electron chi connectivity index (χ4n) is 2.79. The molecule has 158 valence electrons. The number of hydrogen-bond donors (Lipinski definition) is 2. The summed E-state index contributed by atoms with van der Waals surface area (Å²) >= 11 is 0. The van der Waals surface area contributed by atoms with Crippen molar-refractivity contribution in [2.45, 2.75) is 24.6 Å². The molecule has 0 radical (unpaired) electrons. The lowest BCUT2D eigenvalue weighted by molar-refractivity contribution is -0.264.